The maximum Gasteiger partial charge on any atom is 0.152 e. The molecule has 1 N–H and O–H groups in total. The van der Waals surface area contributed by atoms with Gasteiger partial charge >= 0.3 is 0 Å². The van der Waals surface area contributed by atoms with Crippen LogP contribution in [0.2, 0.25) is 0 Å². The molecule has 0 saturated heterocycles. The molecule has 0 radical (unpaired) electrons. The van der Waals surface area contributed by atoms with Gasteiger partial charge in [0.25, 0.3) is 0 Å². The fourth-order valence-corrected chi connectivity index (χ4v) is 2.59. The van der Waals surface area contributed by atoms with Gasteiger partial charge in [0.1, 0.15) is 11.3 Å². The number of halogens is 2. The van der Waals surface area contributed by atoms with Gasteiger partial charge in [-0.2, -0.15) is 0 Å². The first-order valence-electron chi connectivity index (χ1n) is 6.64. The molecule has 3 rings (SSSR count). The Morgan fingerprint density at radius 3 is 2.43 bits per heavy atom. The van der Waals surface area contributed by atoms with E-state index in [9.17, 15) is 8.78 Å². The van der Waals surface area contributed by atoms with E-state index in [0.717, 1.165) is 17.2 Å². The van der Waals surface area contributed by atoms with Crippen molar-refractivity contribution >= 4 is 16.6 Å². The Bertz CT molecular complexity index is 814. The van der Waals surface area contributed by atoms with E-state index in [1.165, 1.54) is 6.07 Å². The van der Waals surface area contributed by atoms with Crippen molar-refractivity contribution in [2.75, 3.05) is 12.4 Å². The van der Waals surface area contributed by atoms with Crippen LogP contribution in [-0.2, 0) is 0 Å². The Hall–Kier alpha value is -2.49. The summed E-state index contributed by atoms with van der Waals surface area (Å²) in [7, 11) is 1.74. The number of rotatable bonds is 2. The zero-order valence-electron chi connectivity index (χ0n) is 11.7. The highest BCUT2D eigenvalue weighted by Gasteiger charge is 2.16. The molecule has 0 saturated carbocycles. The average Bonchev–Trinajstić information content (AvgIpc) is 2.47. The summed E-state index contributed by atoms with van der Waals surface area (Å²) in [5.74, 6) is -1.26. The number of pyridine rings is 1. The molecule has 0 bridgehead atoms. The van der Waals surface area contributed by atoms with Crippen LogP contribution in [-0.4, -0.2) is 12.0 Å². The molecule has 0 spiro atoms. The number of hydrogen-bond acceptors (Lipinski definition) is 2. The molecule has 2 aromatic carbocycles. The summed E-state index contributed by atoms with van der Waals surface area (Å²) in [5, 5.41) is 3.48. The van der Waals surface area contributed by atoms with Crippen molar-refractivity contribution in [1.29, 1.82) is 0 Å². The van der Waals surface area contributed by atoms with Gasteiger partial charge in [-0.05, 0) is 18.6 Å². The molecule has 21 heavy (non-hydrogen) atoms. The standard InChI is InChI=1S/C17H14F2N2/c1-10-15(11-6-4-3-5-7-11)21-17-13(16(10)20-2)8-12(18)9-14(17)19/h3-9H,1-2H3,(H,20,21). The topological polar surface area (TPSA) is 24.9 Å². The molecule has 1 aromatic heterocycles. The van der Waals surface area contributed by atoms with Crippen molar-refractivity contribution < 1.29 is 8.78 Å². The molecule has 1 heterocycles. The Labute approximate surface area is 121 Å². The summed E-state index contributed by atoms with van der Waals surface area (Å²) in [5.41, 5.74) is 3.32. The normalized spacial score (nSPS) is 10.9. The summed E-state index contributed by atoms with van der Waals surface area (Å²) < 4.78 is 27.5. The predicted molar refractivity (Wildman–Crippen MR) is 81.4 cm³/mol. The van der Waals surface area contributed by atoms with Crippen LogP contribution >= 0.6 is 0 Å². The number of aromatic nitrogens is 1. The summed E-state index contributed by atoms with van der Waals surface area (Å²) in [6.45, 7) is 1.89. The van der Waals surface area contributed by atoms with Gasteiger partial charge in [-0.25, -0.2) is 13.8 Å². The molecule has 0 unspecified atom stereocenters. The Morgan fingerprint density at radius 2 is 1.76 bits per heavy atom. The fourth-order valence-electron chi connectivity index (χ4n) is 2.59. The summed E-state index contributed by atoms with van der Waals surface area (Å²) in [6.07, 6.45) is 0. The van der Waals surface area contributed by atoms with Crippen LogP contribution < -0.4 is 5.32 Å². The minimum atomic E-state index is -0.654. The Kier molecular flexibility index (Phi) is 3.29. The van der Waals surface area contributed by atoms with E-state index in [2.05, 4.69) is 10.3 Å². The predicted octanol–water partition coefficient (Wildman–Crippen LogP) is 4.53. The number of anilines is 1. The van der Waals surface area contributed by atoms with E-state index in [4.69, 9.17) is 0 Å². The van der Waals surface area contributed by atoms with E-state index < -0.39 is 11.6 Å². The molecule has 0 fully saturated rings. The van der Waals surface area contributed by atoms with Crippen molar-refractivity contribution in [2.24, 2.45) is 0 Å². The lowest BCUT2D eigenvalue weighted by Crippen LogP contribution is -2.01. The van der Waals surface area contributed by atoms with Gasteiger partial charge in [0.2, 0.25) is 0 Å². The first-order valence-corrected chi connectivity index (χ1v) is 6.64. The van der Waals surface area contributed by atoms with E-state index in [1.807, 2.05) is 37.3 Å². The van der Waals surface area contributed by atoms with Crippen molar-refractivity contribution in [2.45, 2.75) is 6.92 Å². The second kappa shape index (κ2) is 5.13. The number of hydrogen-bond donors (Lipinski definition) is 1. The number of fused-ring (bicyclic) bond motifs is 1. The zero-order chi connectivity index (χ0) is 15.0. The third kappa shape index (κ3) is 2.23. The highest BCUT2D eigenvalue weighted by atomic mass is 19.1. The molecule has 0 amide bonds. The summed E-state index contributed by atoms with van der Waals surface area (Å²) >= 11 is 0. The van der Waals surface area contributed by atoms with Gasteiger partial charge in [0.15, 0.2) is 5.82 Å². The molecular formula is C17H14F2N2. The minimum absolute atomic E-state index is 0.171. The van der Waals surface area contributed by atoms with E-state index >= 15 is 0 Å². The number of benzene rings is 2. The van der Waals surface area contributed by atoms with Gasteiger partial charge in [-0.1, -0.05) is 30.3 Å². The third-order valence-electron chi connectivity index (χ3n) is 3.55. The average molecular weight is 284 g/mol. The second-order valence-electron chi connectivity index (χ2n) is 4.86. The lowest BCUT2D eigenvalue weighted by Gasteiger charge is -2.14. The quantitative estimate of drug-likeness (QED) is 0.748. The molecule has 0 aliphatic carbocycles. The lowest BCUT2D eigenvalue weighted by molar-refractivity contribution is 0.590. The second-order valence-corrected chi connectivity index (χ2v) is 4.86. The van der Waals surface area contributed by atoms with Gasteiger partial charge < -0.3 is 5.32 Å². The van der Waals surface area contributed by atoms with Crippen LogP contribution in [0.25, 0.3) is 22.2 Å². The highest BCUT2D eigenvalue weighted by Crippen LogP contribution is 2.34. The van der Waals surface area contributed by atoms with Crippen LogP contribution in [0, 0.1) is 18.6 Å². The molecule has 0 aliphatic heterocycles. The molecule has 0 aliphatic rings. The SMILES string of the molecule is CNc1c(C)c(-c2ccccc2)nc2c(F)cc(F)cc12. The first kappa shape index (κ1) is 13.5. The van der Waals surface area contributed by atoms with Crippen LogP contribution in [0.15, 0.2) is 42.5 Å². The molecule has 3 aromatic rings. The maximum absolute atomic E-state index is 14.1. The van der Waals surface area contributed by atoms with Crippen molar-refractivity contribution in [3.63, 3.8) is 0 Å². The van der Waals surface area contributed by atoms with E-state index in [-0.39, 0.29) is 5.52 Å². The number of nitrogens with zero attached hydrogens (tertiary/aromatic N) is 1. The molecule has 4 heteroatoms. The van der Waals surface area contributed by atoms with Crippen LogP contribution in [0.4, 0.5) is 14.5 Å². The monoisotopic (exact) mass is 284 g/mol. The van der Waals surface area contributed by atoms with Crippen LogP contribution in [0.1, 0.15) is 5.56 Å². The molecule has 2 nitrogen and oxygen atoms in total. The van der Waals surface area contributed by atoms with E-state index in [1.54, 1.807) is 7.05 Å². The third-order valence-corrected chi connectivity index (χ3v) is 3.55. The van der Waals surface area contributed by atoms with Gasteiger partial charge in [-0.3, -0.25) is 0 Å². The van der Waals surface area contributed by atoms with Crippen molar-refractivity contribution in [1.82, 2.24) is 4.98 Å². The van der Waals surface area contributed by atoms with E-state index in [0.29, 0.717) is 16.8 Å². The fraction of sp³-hybridized carbons (Fsp3) is 0.118. The highest BCUT2D eigenvalue weighted by molar-refractivity contribution is 5.96. The van der Waals surface area contributed by atoms with Gasteiger partial charge in [-0.15, -0.1) is 0 Å². The molecule has 0 atom stereocenters. The maximum atomic E-state index is 14.1. The van der Waals surface area contributed by atoms with Crippen molar-refractivity contribution in [3.8, 4) is 11.3 Å². The Balaban J connectivity index is 2.41. The smallest absolute Gasteiger partial charge is 0.152 e. The summed E-state index contributed by atoms with van der Waals surface area (Å²) in [6, 6.07) is 11.7. The Morgan fingerprint density at radius 1 is 1.05 bits per heavy atom. The van der Waals surface area contributed by atoms with Crippen molar-refractivity contribution in [3.05, 3.63) is 59.7 Å². The van der Waals surface area contributed by atoms with Crippen LogP contribution in [0.3, 0.4) is 0 Å². The number of nitrogens with one attached hydrogen (secondary N) is 1. The first-order chi connectivity index (χ1) is 10.1. The lowest BCUT2D eigenvalue weighted by atomic mass is 10.0. The van der Waals surface area contributed by atoms with Crippen LogP contribution in [0.5, 0.6) is 0 Å². The van der Waals surface area contributed by atoms with Gasteiger partial charge in [0.05, 0.1) is 5.69 Å². The van der Waals surface area contributed by atoms with Gasteiger partial charge in [0, 0.05) is 29.8 Å². The molecular weight excluding hydrogens is 270 g/mol. The zero-order valence-corrected chi connectivity index (χ0v) is 11.7. The molecule has 106 valence electrons. The summed E-state index contributed by atoms with van der Waals surface area (Å²) in [4.78, 5) is 4.41. The minimum Gasteiger partial charge on any atom is -0.387 e. The largest absolute Gasteiger partial charge is 0.387 e.